The van der Waals surface area contributed by atoms with Gasteiger partial charge in [0.25, 0.3) is 0 Å². The van der Waals surface area contributed by atoms with Crippen LogP contribution < -0.4 is 5.32 Å². The maximum absolute atomic E-state index is 4.46. The van der Waals surface area contributed by atoms with Gasteiger partial charge in [-0.1, -0.05) is 12.8 Å². The van der Waals surface area contributed by atoms with Crippen LogP contribution in [0, 0.1) is 0 Å². The molecular formula is C16H30N4. The van der Waals surface area contributed by atoms with Gasteiger partial charge in [0, 0.05) is 31.0 Å². The second-order valence-corrected chi connectivity index (χ2v) is 6.30. The van der Waals surface area contributed by atoms with Gasteiger partial charge >= 0.3 is 0 Å². The Morgan fingerprint density at radius 3 is 2.80 bits per heavy atom. The minimum absolute atomic E-state index is 0.643. The van der Waals surface area contributed by atoms with Gasteiger partial charge in [0.05, 0.1) is 0 Å². The Bertz CT molecular complexity index is 380. The van der Waals surface area contributed by atoms with Gasteiger partial charge < -0.3 is 14.8 Å². The number of aromatic nitrogens is 2. The first-order valence-corrected chi connectivity index (χ1v) is 8.15. The first-order valence-electron chi connectivity index (χ1n) is 8.15. The number of hydrogen-bond acceptors (Lipinski definition) is 3. The van der Waals surface area contributed by atoms with E-state index in [2.05, 4.69) is 46.9 Å². The van der Waals surface area contributed by atoms with Gasteiger partial charge in [-0.05, 0) is 53.1 Å². The zero-order valence-electron chi connectivity index (χ0n) is 13.3. The molecule has 0 spiro atoms. The van der Waals surface area contributed by atoms with Gasteiger partial charge in [-0.25, -0.2) is 4.98 Å². The zero-order valence-corrected chi connectivity index (χ0v) is 13.3. The molecular weight excluding hydrogens is 248 g/mol. The van der Waals surface area contributed by atoms with Crippen LogP contribution in [-0.2, 0) is 0 Å². The van der Waals surface area contributed by atoms with Crippen LogP contribution in [0.15, 0.2) is 12.4 Å². The molecule has 4 heteroatoms. The Balaban J connectivity index is 1.68. The molecule has 20 heavy (non-hydrogen) atoms. The molecule has 0 aromatic carbocycles. The Morgan fingerprint density at radius 1 is 1.35 bits per heavy atom. The van der Waals surface area contributed by atoms with Crippen LogP contribution in [-0.4, -0.2) is 40.6 Å². The molecule has 1 aliphatic carbocycles. The van der Waals surface area contributed by atoms with E-state index in [9.17, 15) is 0 Å². The summed E-state index contributed by atoms with van der Waals surface area (Å²) in [6.45, 7) is 6.69. The zero-order chi connectivity index (χ0) is 14.4. The van der Waals surface area contributed by atoms with Crippen molar-refractivity contribution in [3.05, 3.63) is 12.4 Å². The molecule has 2 rings (SSSR count). The maximum atomic E-state index is 4.46. The van der Waals surface area contributed by atoms with Gasteiger partial charge in [0.2, 0.25) is 5.95 Å². The number of unbranched alkanes of at least 4 members (excludes halogenated alkanes) is 1. The standard InChI is InChI=1S/C16H30N4/c1-14(2)19(3)12-7-6-10-17-16-18-11-13-20(16)15-8-4-5-9-15/h11,13-15H,4-10,12H2,1-3H3,(H,17,18). The van der Waals surface area contributed by atoms with Crippen molar-refractivity contribution in [2.45, 2.75) is 64.5 Å². The number of nitrogens with one attached hydrogen (secondary N) is 1. The van der Waals surface area contributed by atoms with Crippen LogP contribution in [0.25, 0.3) is 0 Å². The van der Waals surface area contributed by atoms with E-state index in [1.807, 2.05) is 6.20 Å². The molecule has 0 aliphatic heterocycles. The largest absolute Gasteiger partial charge is 0.356 e. The molecule has 1 N–H and O–H groups in total. The molecule has 0 saturated heterocycles. The van der Waals surface area contributed by atoms with Crippen molar-refractivity contribution < 1.29 is 0 Å². The predicted molar refractivity (Wildman–Crippen MR) is 85.2 cm³/mol. The molecule has 0 bridgehead atoms. The Kier molecular flexibility index (Phi) is 5.89. The lowest BCUT2D eigenvalue weighted by Gasteiger charge is -2.20. The van der Waals surface area contributed by atoms with E-state index < -0.39 is 0 Å². The normalized spacial score (nSPS) is 16.4. The van der Waals surface area contributed by atoms with Gasteiger partial charge in [0.1, 0.15) is 0 Å². The minimum atomic E-state index is 0.643. The summed E-state index contributed by atoms with van der Waals surface area (Å²) < 4.78 is 2.34. The summed E-state index contributed by atoms with van der Waals surface area (Å²) in [7, 11) is 2.20. The SMILES string of the molecule is CC(C)N(C)CCCCNc1nccn1C1CCCC1. The molecule has 0 radical (unpaired) electrons. The van der Waals surface area contributed by atoms with Crippen molar-refractivity contribution in [2.24, 2.45) is 0 Å². The van der Waals surface area contributed by atoms with Crippen LogP contribution >= 0.6 is 0 Å². The number of hydrogen-bond donors (Lipinski definition) is 1. The van der Waals surface area contributed by atoms with Crippen molar-refractivity contribution in [2.75, 3.05) is 25.5 Å². The van der Waals surface area contributed by atoms with E-state index in [0.29, 0.717) is 12.1 Å². The highest BCUT2D eigenvalue weighted by atomic mass is 15.2. The number of anilines is 1. The van der Waals surface area contributed by atoms with E-state index in [1.165, 1.54) is 45.1 Å². The Labute approximate surface area is 123 Å². The summed E-state index contributed by atoms with van der Waals surface area (Å²) in [6, 6.07) is 1.32. The first-order chi connectivity index (χ1) is 9.68. The summed E-state index contributed by atoms with van der Waals surface area (Å²) in [5.74, 6) is 1.06. The summed E-state index contributed by atoms with van der Waals surface area (Å²) in [5.41, 5.74) is 0. The third kappa shape index (κ3) is 4.23. The summed E-state index contributed by atoms with van der Waals surface area (Å²) in [5, 5.41) is 3.51. The lowest BCUT2D eigenvalue weighted by Crippen LogP contribution is -2.27. The minimum Gasteiger partial charge on any atom is -0.356 e. The molecule has 0 unspecified atom stereocenters. The van der Waals surface area contributed by atoms with Gasteiger partial charge in [-0.3, -0.25) is 0 Å². The Morgan fingerprint density at radius 2 is 2.10 bits per heavy atom. The quantitative estimate of drug-likeness (QED) is 0.738. The maximum Gasteiger partial charge on any atom is 0.203 e. The van der Waals surface area contributed by atoms with Crippen LogP contribution in [0.5, 0.6) is 0 Å². The van der Waals surface area contributed by atoms with Crippen LogP contribution in [0.3, 0.4) is 0 Å². The lowest BCUT2D eigenvalue weighted by atomic mass is 10.2. The highest BCUT2D eigenvalue weighted by molar-refractivity contribution is 5.26. The van der Waals surface area contributed by atoms with Crippen molar-refractivity contribution in [3.63, 3.8) is 0 Å². The number of nitrogens with zero attached hydrogens (tertiary/aromatic N) is 3. The number of imidazole rings is 1. The van der Waals surface area contributed by atoms with E-state index >= 15 is 0 Å². The molecule has 1 fully saturated rings. The number of rotatable bonds is 8. The van der Waals surface area contributed by atoms with E-state index in [1.54, 1.807) is 0 Å². The van der Waals surface area contributed by atoms with E-state index in [-0.39, 0.29) is 0 Å². The smallest absolute Gasteiger partial charge is 0.203 e. The van der Waals surface area contributed by atoms with Crippen molar-refractivity contribution >= 4 is 5.95 Å². The molecule has 0 atom stereocenters. The highest BCUT2D eigenvalue weighted by Gasteiger charge is 2.18. The second kappa shape index (κ2) is 7.67. The molecule has 1 saturated carbocycles. The second-order valence-electron chi connectivity index (χ2n) is 6.30. The first kappa shape index (κ1) is 15.4. The van der Waals surface area contributed by atoms with Crippen LogP contribution in [0.2, 0.25) is 0 Å². The van der Waals surface area contributed by atoms with Crippen molar-refractivity contribution in [1.29, 1.82) is 0 Å². The molecule has 1 heterocycles. The van der Waals surface area contributed by atoms with Crippen molar-refractivity contribution in [1.82, 2.24) is 14.5 Å². The molecule has 114 valence electrons. The van der Waals surface area contributed by atoms with Gasteiger partial charge in [-0.2, -0.15) is 0 Å². The highest BCUT2D eigenvalue weighted by Crippen LogP contribution is 2.31. The fraction of sp³-hybridized carbons (Fsp3) is 0.812. The van der Waals surface area contributed by atoms with E-state index in [0.717, 1.165) is 12.5 Å². The van der Waals surface area contributed by atoms with E-state index in [4.69, 9.17) is 0 Å². The Hall–Kier alpha value is -1.03. The summed E-state index contributed by atoms with van der Waals surface area (Å²) >= 11 is 0. The topological polar surface area (TPSA) is 33.1 Å². The average molecular weight is 278 g/mol. The predicted octanol–water partition coefficient (Wildman–Crippen LogP) is 3.53. The molecule has 0 amide bonds. The molecule has 1 aromatic heterocycles. The van der Waals surface area contributed by atoms with Crippen molar-refractivity contribution in [3.8, 4) is 0 Å². The third-order valence-electron chi connectivity index (χ3n) is 4.49. The molecule has 1 aromatic rings. The lowest BCUT2D eigenvalue weighted by molar-refractivity contribution is 0.269. The molecule has 4 nitrogen and oxygen atoms in total. The monoisotopic (exact) mass is 278 g/mol. The van der Waals surface area contributed by atoms with Gasteiger partial charge in [0.15, 0.2) is 0 Å². The van der Waals surface area contributed by atoms with Crippen LogP contribution in [0.1, 0.15) is 58.4 Å². The average Bonchev–Trinajstić information content (AvgIpc) is 3.08. The summed E-state index contributed by atoms with van der Waals surface area (Å²) in [4.78, 5) is 6.87. The summed E-state index contributed by atoms with van der Waals surface area (Å²) in [6.07, 6.45) is 11.8. The molecule has 1 aliphatic rings. The third-order valence-corrected chi connectivity index (χ3v) is 4.49. The van der Waals surface area contributed by atoms with Crippen LogP contribution in [0.4, 0.5) is 5.95 Å². The van der Waals surface area contributed by atoms with Gasteiger partial charge in [-0.15, -0.1) is 0 Å². The fourth-order valence-electron chi connectivity index (χ4n) is 2.87. The fourth-order valence-corrected chi connectivity index (χ4v) is 2.87.